The van der Waals surface area contributed by atoms with Gasteiger partial charge in [-0.05, 0) is 19.4 Å². The third kappa shape index (κ3) is 5.51. The number of hydrogen-bond donors (Lipinski definition) is 1. The van der Waals surface area contributed by atoms with Crippen LogP contribution in [-0.4, -0.2) is 42.6 Å². The fourth-order valence-electron chi connectivity index (χ4n) is 3.04. The zero-order valence-corrected chi connectivity index (χ0v) is 18.2. The Hall–Kier alpha value is -3.61. The largest absolute Gasteiger partial charge is 0.483 e. The summed E-state index contributed by atoms with van der Waals surface area (Å²) in [6.45, 7) is 3.90. The van der Waals surface area contributed by atoms with Crippen LogP contribution in [0.1, 0.15) is 41.1 Å². The summed E-state index contributed by atoms with van der Waals surface area (Å²) in [7, 11) is 3.35. The lowest BCUT2D eigenvalue weighted by molar-refractivity contribution is -0.130. The van der Waals surface area contributed by atoms with E-state index in [0.29, 0.717) is 17.9 Å². The van der Waals surface area contributed by atoms with Gasteiger partial charge in [0.2, 0.25) is 5.76 Å². The Morgan fingerprint density at radius 2 is 1.84 bits per heavy atom. The number of rotatable bonds is 8. The molecule has 0 aliphatic carbocycles. The second-order valence-corrected chi connectivity index (χ2v) is 7.49. The van der Waals surface area contributed by atoms with Crippen LogP contribution in [0.4, 0.5) is 0 Å². The maximum atomic E-state index is 12.8. The average Bonchev–Trinajstić information content (AvgIpc) is 3.27. The predicted molar refractivity (Wildman–Crippen MR) is 118 cm³/mol. The van der Waals surface area contributed by atoms with Crippen LogP contribution in [0, 0.1) is 6.92 Å². The van der Waals surface area contributed by atoms with Gasteiger partial charge in [0, 0.05) is 31.3 Å². The standard InChI is InChI=1S/C24H27N3O4/c1-5-19(18-8-6-7-9-21(18)30-15-23(28)27(3)4)25-24(29)22-14-20(26-31-22)17-12-10-16(2)11-13-17/h6-14,19H,5,15H2,1-4H3,(H,25,29). The monoisotopic (exact) mass is 421 g/mol. The highest BCUT2D eigenvalue weighted by Gasteiger charge is 2.21. The lowest BCUT2D eigenvalue weighted by atomic mass is 10.0. The normalized spacial score (nSPS) is 11.6. The molecule has 0 fully saturated rings. The van der Waals surface area contributed by atoms with Crippen LogP contribution in [-0.2, 0) is 4.79 Å². The number of aryl methyl sites for hydroxylation is 1. The number of amides is 2. The Balaban J connectivity index is 1.73. The van der Waals surface area contributed by atoms with Crippen LogP contribution >= 0.6 is 0 Å². The van der Waals surface area contributed by atoms with Crippen molar-refractivity contribution in [3.8, 4) is 17.0 Å². The van der Waals surface area contributed by atoms with Gasteiger partial charge in [0.15, 0.2) is 6.61 Å². The Kier molecular flexibility index (Phi) is 7.07. The number of benzene rings is 2. The van der Waals surface area contributed by atoms with Crippen molar-refractivity contribution in [2.24, 2.45) is 0 Å². The van der Waals surface area contributed by atoms with Crippen molar-refractivity contribution >= 4 is 11.8 Å². The van der Waals surface area contributed by atoms with E-state index in [2.05, 4.69) is 10.5 Å². The molecule has 0 bridgehead atoms. The molecular weight excluding hydrogens is 394 g/mol. The number of hydrogen-bond acceptors (Lipinski definition) is 5. The summed E-state index contributed by atoms with van der Waals surface area (Å²) in [6.07, 6.45) is 0.632. The first-order valence-electron chi connectivity index (χ1n) is 10.2. The first-order chi connectivity index (χ1) is 14.9. The molecule has 0 radical (unpaired) electrons. The third-order valence-electron chi connectivity index (χ3n) is 4.94. The summed E-state index contributed by atoms with van der Waals surface area (Å²) in [5.74, 6) is 0.187. The highest BCUT2D eigenvalue weighted by atomic mass is 16.5. The van der Waals surface area contributed by atoms with Crippen LogP contribution in [0.25, 0.3) is 11.3 Å². The van der Waals surface area contributed by atoms with Gasteiger partial charge in [-0.2, -0.15) is 0 Å². The van der Waals surface area contributed by atoms with Gasteiger partial charge in [-0.3, -0.25) is 9.59 Å². The molecule has 0 saturated carbocycles. The molecule has 1 heterocycles. The number of carbonyl (C=O) groups excluding carboxylic acids is 2. The van der Waals surface area contributed by atoms with Crippen LogP contribution in [0.5, 0.6) is 5.75 Å². The molecule has 3 rings (SSSR count). The summed E-state index contributed by atoms with van der Waals surface area (Å²) in [6, 6.07) is 16.5. The maximum Gasteiger partial charge on any atom is 0.290 e. The number of para-hydroxylation sites is 1. The van der Waals surface area contributed by atoms with Gasteiger partial charge in [-0.25, -0.2) is 0 Å². The van der Waals surface area contributed by atoms with Crippen LogP contribution < -0.4 is 10.1 Å². The minimum absolute atomic E-state index is 0.0730. The molecule has 162 valence electrons. The molecule has 3 aromatic rings. The number of nitrogens with one attached hydrogen (secondary N) is 1. The summed E-state index contributed by atoms with van der Waals surface area (Å²) in [5, 5.41) is 7.00. The van der Waals surface area contributed by atoms with Crippen molar-refractivity contribution in [1.82, 2.24) is 15.4 Å². The Morgan fingerprint density at radius 1 is 1.13 bits per heavy atom. The number of nitrogens with zero attached hydrogens (tertiary/aromatic N) is 2. The molecule has 1 atom stereocenters. The first kappa shape index (κ1) is 22.1. The molecule has 0 spiro atoms. The molecule has 1 N–H and O–H groups in total. The highest BCUT2D eigenvalue weighted by Crippen LogP contribution is 2.28. The van der Waals surface area contributed by atoms with Crippen LogP contribution in [0.15, 0.2) is 59.1 Å². The predicted octanol–water partition coefficient (Wildman–Crippen LogP) is 4.00. The van der Waals surface area contributed by atoms with Gasteiger partial charge in [-0.1, -0.05) is 60.1 Å². The van der Waals surface area contributed by atoms with E-state index in [4.69, 9.17) is 9.26 Å². The molecular formula is C24H27N3O4. The van der Waals surface area contributed by atoms with E-state index in [-0.39, 0.29) is 30.2 Å². The minimum atomic E-state index is -0.364. The van der Waals surface area contributed by atoms with E-state index in [0.717, 1.165) is 16.7 Å². The number of aromatic nitrogens is 1. The summed E-state index contributed by atoms with van der Waals surface area (Å²) in [5.41, 5.74) is 3.42. The van der Waals surface area contributed by atoms with Crippen molar-refractivity contribution in [2.75, 3.05) is 20.7 Å². The molecule has 7 nitrogen and oxygen atoms in total. The van der Waals surface area contributed by atoms with Crippen molar-refractivity contribution in [1.29, 1.82) is 0 Å². The molecule has 2 amide bonds. The quantitative estimate of drug-likeness (QED) is 0.594. The van der Waals surface area contributed by atoms with Crippen LogP contribution in [0.2, 0.25) is 0 Å². The zero-order valence-electron chi connectivity index (χ0n) is 18.2. The fourth-order valence-corrected chi connectivity index (χ4v) is 3.04. The molecule has 7 heteroatoms. The Labute approximate surface area is 182 Å². The molecule has 0 aliphatic heterocycles. The van der Waals surface area contributed by atoms with Crippen LogP contribution in [0.3, 0.4) is 0 Å². The molecule has 2 aromatic carbocycles. The topological polar surface area (TPSA) is 84.7 Å². The van der Waals surface area contributed by atoms with Crippen molar-refractivity contribution in [2.45, 2.75) is 26.3 Å². The van der Waals surface area contributed by atoms with E-state index in [1.165, 1.54) is 4.90 Å². The second kappa shape index (κ2) is 9.93. The van der Waals surface area contributed by atoms with Gasteiger partial charge in [-0.15, -0.1) is 0 Å². The van der Waals surface area contributed by atoms with E-state index < -0.39 is 0 Å². The van der Waals surface area contributed by atoms with Gasteiger partial charge >= 0.3 is 0 Å². The number of likely N-dealkylation sites (N-methyl/N-ethyl adjacent to an activating group) is 1. The Bertz CT molecular complexity index is 1040. The van der Waals surface area contributed by atoms with Gasteiger partial charge in [0.25, 0.3) is 11.8 Å². The second-order valence-electron chi connectivity index (χ2n) is 7.49. The summed E-state index contributed by atoms with van der Waals surface area (Å²) >= 11 is 0. The number of carbonyl (C=O) groups is 2. The molecule has 1 unspecified atom stereocenters. The van der Waals surface area contributed by atoms with E-state index >= 15 is 0 Å². The summed E-state index contributed by atoms with van der Waals surface area (Å²) in [4.78, 5) is 26.2. The average molecular weight is 421 g/mol. The fraction of sp³-hybridized carbons (Fsp3) is 0.292. The summed E-state index contributed by atoms with van der Waals surface area (Å²) < 4.78 is 11.0. The smallest absolute Gasteiger partial charge is 0.290 e. The maximum absolute atomic E-state index is 12.8. The van der Waals surface area contributed by atoms with Crippen molar-refractivity contribution in [3.63, 3.8) is 0 Å². The lowest BCUT2D eigenvalue weighted by Gasteiger charge is -2.20. The van der Waals surface area contributed by atoms with E-state index in [9.17, 15) is 9.59 Å². The molecule has 31 heavy (non-hydrogen) atoms. The molecule has 0 saturated heterocycles. The first-order valence-corrected chi connectivity index (χ1v) is 10.2. The third-order valence-corrected chi connectivity index (χ3v) is 4.94. The molecule has 0 aliphatic rings. The Morgan fingerprint density at radius 3 is 2.52 bits per heavy atom. The molecule has 1 aromatic heterocycles. The number of ether oxygens (including phenoxy) is 1. The lowest BCUT2D eigenvalue weighted by Crippen LogP contribution is -2.30. The van der Waals surface area contributed by atoms with Crippen molar-refractivity contribution < 1.29 is 18.8 Å². The van der Waals surface area contributed by atoms with E-state index in [1.54, 1.807) is 26.2 Å². The van der Waals surface area contributed by atoms with Gasteiger partial charge in [0.1, 0.15) is 11.4 Å². The SMILES string of the molecule is CCC(NC(=O)c1cc(-c2ccc(C)cc2)no1)c1ccccc1OCC(=O)N(C)C. The van der Waals surface area contributed by atoms with Crippen molar-refractivity contribution in [3.05, 3.63) is 71.5 Å². The van der Waals surface area contributed by atoms with Gasteiger partial charge < -0.3 is 19.5 Å². The highest BCUT2D eigenvalue weighted by molar-refractivity contribution is 5.92. The van der Waals surface area contributed by atoms with E-state index in [1.807, 2.05) is 56.3 Å². The van der Waals surface area contributed by atoms with Gasteiger partial charge in [0.05, 0.1) is 6.04 Å². The minimum Gasteiger partial charge on any atom is -0.483 e. The zero-order chi connectivity index (χ0) is 22.4.